The molecule has 0 unspecified atom stereocenters. The van der Waals surface area contributed by atoms with Crippen LogP contribution >= 0.6 is 0 Å². The molecule has 4 fully saturated rings. The Morgan fingerprint density at radius 1 is 1.25 bits per heavy atom. The first-order valence-corrected chi connectivity index (χ1v) is 6.26. The standard InChI is InChI=1S/C13H18O3/c1-13(6-11(14)15)9-2-7-3-10(13)5-8(4-9)12(7)16/h7-10H,2-6H2,1H3,(H,14,15). The fourth-order valence-corrected chi connectivity index (χ4v) is 4.58. The van der Waals surface area contributed by atoms with Crippen molar-refractivity contribution in [2.24, 2.45) is 29.1 Å². The Labute approximate surface area is 95.2 Å². The van der Waals surface area contributed by atoms with Crippen molar-refractivity contribution < 1.29 is 14.7 Å². The summed E-state index contributed by atoms with van der Waals surface area (Å²) in [6.45, 7) is 2.14. The first-order valence-electron chi connectivity index (χ1n) is 6.26. The smallest absolute Gasteiger partial charge is 0.303 e. The molecule has 0 atom stereocenters. The van der Waals surface area contributed by atoms with Crippen molar-refractivity contribution in [1.29, 1.82) is 0 Å². The summed E-state index contributed by atoms with van der Waals surface area (Å²) in [5.74, 6) is 1.28. The van der Waals surface area contributed by atoms with E-state index in [0.717, 1.165) is 25.7 Å². The molecule has 16 heavy (non-hydrogen) atoms. The molecular weight excluding hydrogens is 204 g/mol. The van der Waals surface area contributed by atoms with Gasteiger partial charge in [0.15, 0.2) is 0 Å². The Morgan fingerprint density at radius 2 is 1.69 bits per heavy atom. The van der Waals surface area contributed by atoms with Crippen molar-refractivity contribution in [3.8, 4) is 0 Å². The van der Waals surface area contributed by atoms with Gasteiger partial charge in [0.2, 0.25) is 0 Å². The van der Waals surface area contributed by atoms with Crippen LogP contribution in [0, 0.1) is 29.1 Å². The van der Waals surface area contributed by atoms with E-state index in [1.165, 1.54) is 0 Å². The van der Waals surface area contributed by atoms with Gasteiger partial charge < -0.3 is 5.11 Å². The number of Topliss-reactive ketones (excluding diaryl/α,β-unsaturated/α-hetero) is 1. The number of aliphatic carboxylic acids is 1. The van der Waals surface area contributed by atoms with Crippen LogP contribution in [0.2, 0.25) is 0 Å². The summed E-state index contributed by atoms with van der Waals surface area (Å²) in [6.07, 6.45) is 4.10. The molecule has 0 aliphatic heterocycles. The molecule has 4 bridgehead atoms. The molecule has 3 nitrogen and oxygen atoms in total. The number of carbonyl (C=O) groups excluding carboxylic acids is 1. The van der Waals surface area contributed by atoms with E-state index in [2.05, 4.69) is 6.92 Å². The molecule has 3 heteroatoms. The molecule has 0 aromatic rings. The van der Waals surface area contributed by atoms with E-state index in [0.29, 0.717) is 17.6 Å². The van der Waals surface area contributed by atoms with Crippen LogP contribution in [0.25, 0.3) is 0 Å². The number of carboxylic acids is 1. The van der Waals surface area contributed by atoms with Crippen LogP contribution in [0.4, 0.5) is 0 Å². The second-order valence-electron chi connectivity index (χ2n) is 6.21. The van der Waals surface area contributed by atoms with E-state index in [1.807, 2.05) is 0 Å². The van der Waals surface area contributed by atoms with Crippen molar-refractivity contribution >= 4 is 11.8 Å². The second kappa shape index (κ2) is 3.08. The number of rotatable bonds is 2. The second-order valence-corrected chi connectivity index (χ2v) is 6.21. The molecule has 1 N–H and O–H groups in total. The van der Waals surface area contributed by atoms with Crippen LogP contribution in [0.1, 0.15) is 39.0 Å². The first kappa shape index (κ1) is 10.3. The minimum absolute atomic E-state index is 0.0421. The zero-order valence-corrected chi connectivity index (χ0v) is 9.61. The average Bonchev–Trinajstić information content (AvgIpc) is 2.13. The molecule has 0 amide bonds. The molecule has 0 radical (unpaired) electrons. The summed E-state index contributed by atoms with van der Waals surface area (Å²) in [7, 11) is 0. The summed E-state index contributed by atoms with van der Waals surface area (Å²) in [4.78, 5) is 22.9. The molecule has 0 spiro atoms. The summed E-state index contributed by atoms with van der Waals surface area (Å²) >= 11 is 0. The fourth-order valence-electron chi connectivity index (χ4n) is 4.58. The summed E-state index contributed by atoms with van der Waals surface area (Å²) < 4.78 is 0. The monoisotopic (exact) mass is 222 g/mol. The Balaban J connectivity index is 1.90. The zero-order valence-electron chi connectivity index (χ0n) is 9.61. The van der Waals surface area contributed by atoms with Crippen LogP contribution in [-0.2, 0) is 9.59 Å². The van der Waals surface area contributed by atoms with Crippen LogP contribution in [0.3, 0.4) is 0 Å². The normalized spacial score (nSPS) is 49.7. The van der Waals surface area contributed by atoms with E-state index >= 15 is 0 Å². The van der Waals surface area contributed by atoms with Crippen LogP contribution in [0.15, 0.2) is 0 Å². The molecule has 4 saturated carbocycles. The van der Waals surface area contributed by atoms with Gasteiger partial charge in [-0.2, -0.15) is 0 Å². The number of ketones is 1. The third-order valence-corrected chi connectivity index (χ3v) is 5.48. The Kier molecular flexibility index (Phi) is 1.99. The summed E-state index contributed by atoms with van der Waals surface area (Å²) in [5, 5.41) is 9.05. The quantitative estimate of drug-likeness (QED) is 0.778. The predicted octanol–water partition coefficient (Wildman–Crippen LogP) is 2.10. The lowest BCUT2D eigenvalue weighted by Crippen LogP contribution is -2.56. The Hall–Kier alpha value is -0.860. The van der Waals surface area contributed by atoms with E-state index in [1.54, 1.807) is 0 Å². The third-order valence-electron chi connectivity index (χ3n) is 5.48. The predicted molar refractivity (Wildman–Crippen MR) is 57.8 cm³/mol. The minimum atomic E-state index is -0.679. The lowest BCUT2D eigenvalue weighted by atomic mass is 9.45. The van der Waals surface area contributed by atoms with Crippen molar-refractivity contribution in [3.05, 3.63) is 0 Å². The lowest BCUT2D eigenvalue weighted by molar-refractivity contribution is -0.161. The molecule has 4 rings (SSSR count). The Morgan fingerprint density at radius 3 is 2.06 bits per heavy atom. The van der Waals surface area contributed by atoms with Gasteiger partial charge in [-0.05, 0) is 42.9 Å². The van der Waals surface area contributed by atoms with Crippen molar-refractivity contribution in [2.45, 2.75) is 39.0 Å². The van der Waals surface area contributed by atoms with Crippen LogP contribution < -0.4 is 0 Å². The topological polar surface area (TPSA) is 54.4 Å². The Bertz CT molecular complexity index is 326. The van der Waals surface area contributed by atoms with Crippen molar-refractivity contribution in [2.75, 3.05) is 0 Å². The van der Waals surface area contributed by atoms with Gasteiger partial charge in [-0.3, -0.25) is 9.59 Å². The lowest BCUT2D eigenvalue weighted by Gasteiger charge is -2.59. The SMILES string of the molecule is CC1(CC(=O)O)C2CC3CC1CC(C2)C3=O. The van der Waals surface area contributed by atoms with E-state index < -0.39 is 5.97 Å². The molecular formula is C13H18O3. The van der Waals surface area contributed by atoms with Gasteiger partial charge in [0, 0.05) is 11.8 Å². The van der Waals surface area contributed by atoms with Gasteiger partial charge in [0.05, 0.1) is 6.42 Å². The summed E-state index contributed by atoms with van der Waals surface area (Å²) in [6, 6.07) is 0. The van der Waals surface area contributed by atoms with E-state index in [4.69, 9.17) is 5.11 Å². The molecule has 4 aliphatic rings. The van der Waals surface area contributed by atoms with Crippen molar-refractivity contribution in [3.63, 3.8) is 0 Å². The highest BCUT2D eigenvalue weighted by atomic mass is 16.4. The fraction of sp³-hybridized carbons (Fsp3) is 0.846. The van der Waals surface area contributed by atoms with Gasteiger partial charge in [0.25, 0.3) is 0 Å². The van der Waals surface area contributed by atoms with Gasteiger partial charge >= 0.3 is 5.97 Å². The van der Waals surface area contributed by atoms with Crippen LogP contribution in [0.5, 0.6) is 0 Å². The summed E-state index contributed by atoms with van der Waals surface area (Å²) in [5.41, 5.74) is -0.0421. The first-order chi connectivity index (χ1) is 7.50. The largest absolute Gasteiger partial charge is 0.481 e. The maximum absolute atomic E-state index is 11.9. The molecule has 0 heterocycles. The highest BCUT2D eigenvalue weighted by molar-refractivity contribution is 5.85. The van der Waals surface area contributed by atoms with Gasteiger partial charge in [-0.1, -0.05) is 6.92 Å². The molecule has 4 aliphatic carbocycles. The van der Waals surface area contributed by atoms with Gasteiger partial charge in [-0.15, -0.1) is 0 Å². The van der Waals surface area contributed by atoms with Crippen molar-refractivity contribution in [1.82, 2.24) is 0 Å². The molecule has 0 aromatic heterocycles. The number of carboxylic acid groups (broad SMARTS) is 1. The molecule has 88 valence electrons. The maximum atomic E-state index is 11.9. The minimum Gasteiger partial charge on any atom is -0.481 e. The number of hydrogen-bond donors (Lipinski definition) is 1. The van der Waals surface area contributed by atoms with E-state index in [9.17, 15) is 9.59 Å². The van der Waals surface area contributed by atoms with Gasteiger partial charge in [-0.25, -0.2) is 0 Å². The maximum Gasteiger partial charge on any atom is 0.303 e. The average molecular weight is 222 g/mol. The van der Waals surface area contributed by atoms with Gasteiger partial charge in [0.1, 0.15) is 5.78 Å². The number of carbonyl (C=O) groups is 2. The van der Waals surface area contributed by atoms with E-state index in [-0.39, 0.29) is 23.7 Å². The van der Waals surface area contributed by atoms with Crippen LogP contribution in [-0.4, -0.2) is 16.9 Å². The molecule has 0 aromatic carbocycles. The highest BCUT2D eigenvalue weighted by Crippen LogP contribution is 2.62. The third kappa shape index (κ3) is 1.20. The number of hydrogen-bond acceptors (Lipinski definition) is 2. The molecule has 0 saturated heterocycles. The zero-order chi connectivity index (χ0) is 11.5. The highest BCUT2D eigenvalue weighted by Gasteiger charge is 2.58.